The SMILES string of the molecule is CCNC(c1c(Cl)cnn1CCN(C)C)C1CC1. The van der Waals surface area contributed by atoms with E-state index >= 15 is 0 Å². The minimum Gasteiger partial charge on any atom is -0.309 e. The molecule has 102 valence electrons. The quantitative estimate of drug-likeness (QED) is 0.824. The first-order valence-electron chi connectivity index (χ1n) is 6.72. The van der Waals surface area contributed by atoms with Crippen LogP contribution in [0.25, 0.3) is 0 Å². The maximum Gasteiger partial charge on any atom is 0.0834 e. The van der Waals surface area contributed by atoms with Gasteiger partial charge in [-0.25, -0.2) is 0 Å². The molecule has 1 unspecified atom stereocenters. The van der Waals surface area contributed by atoms with Crippen molar-refractivity contribution >= 4 is 11.6 Å². The van der Waals surface area contributed by atoms with Crippen LogP contribution in [0.5, 0.6) is 0 Å². The highest BCUT2D eigenvalue weighted by atomic mass is 35.5. The summed E-state index contributed by atoms with van der Waals surface area (Å²) in [6.45, 7) is 4.98. The van der Waals surface area contributed by atoms with E-state index in [1.807, 2.05) is 0 Å². The molecule has 1 atom stereocenters. The van der Waals surface area contributed by atoms with Crippen molar-refractivity contribution in [1.29, 1.82) is 0 Å². The van der Waals surface area contributed by atoms with Crippen molar-refractivity contribution in [2.75, 3.05) is 27.2 Å². The van der Waals surface area contributed by atoms with E-state index in [-0.39, 0.29) is 0 Å². The summed E-state index contributed by atoms with van der Waals surface area (Å²) in [4.78, 5) is 2.17. The number of hydrogen-bond donors (Lipinski definition) is 1. The Labute approximate surface area is 114 Å². The summed E-state index contributed by atoms with van der Waals surface area (Å²) >= 11 is 6.33. The van der Waals surface area contributed by atoms with Gasteiger partial charge in [0.05, 0.1) is 29.5 Å². The highest BCUT2D eigenvalue weighted by Gasteiger charge is 2.35. The van der Waals surface area contributed by atoms with Crippen molar-refractivity contribution < 1.29 is 0 Å². The standard InChI is InChI=1S/C13H23ClN4/c1-4-15-12(10-5-6-10)13-11(14)9-16-18(13)8-7-17(2)3/h9-10,12,15H,4-8H2,1-3H3. The van der Waals surface area contributed by atoms with E-state index in [1.165, 1.54) is 18.5 Å². The molecule has 1 aliphatic carbocycles. The van der Waals surface area contributed by atoms with Crippen LogP contribution in [0, 0.1) is 5.92 Å². The first-order valence-corrected chi connectivity index (χ1v) is 7.10. The van der Waals surface area contributed by atoms with Gasteiger partial charge in [-0.2, -0.15) is 5.10 Å². The zero-order valence-electron chi connectivity index (χ0n) is 11.5. The van der Waals surface area contributed by atoms with E-state index in [4.69, 9.17) is 11.6 Å². The van der Waals surface area contributed by atoms with Crippen molar-refractivity contribution in [1.82, 2.24) is 20.0 Å². The molecule has 1 heterocycles. The third kappa shape index (κ3) is 3.25. The third-order valence-electron chi connectivity index (χ3n) is 3.40. The Bertz CT molecular complexity index is 384. The summed E-state index contributed by atoms with van der Waals surface area (Å²) < 4.78 is 2.06. The maximum atomic E-state index is 6.33. The van der Waals surface area contributed by atoms with Gasteiger partial charge in [-0.05, 0) is 39.4 Å². The number of likely N-dealkylation sites (N-methyl/N-ethyl adjacent to an activating group) is 1. The van der Waals surface area contributed by atoms with E-state index in [2.05, 4.69) is 41.0 Å². The van der Waals surface area contributed by atoms with Crippen molar-refractivity contribution in [3.63, 3.8) is 0 Å². The maximum absolute atomic E-state index is 6.33. The molecular formula is C13H23ClN4. The lowest BCUT2D eigenvalue weighted by Crippen LogP contribution is -2.27. The summed E-state index contributed by atoms with van der Waals surface area (Å²) in [7, 11) is 4.15. The molecule has 0 amide bonds. The zero-order valence-corrected chi connectivity index (χ0v) is 12.2. The molecule has 0 bridgehead atoms. The van der Waals surface area contributed by atoms with Crippen molar-refractivity contribution in [3.8, 4) is 0 Å². The molecule has 0 spiro atoms. The fourth-order valence-corrected chi connectivity index (χ4v) is 2.55. The van der Waals surface area contributed by atoms with E-state index in [1.54, 1.807) is 6.20 Å². The Kier molecular flexibility index (Phi) is 4.65. The Morgan fingerprint density at radius 1 is 1.56 bits per heavy atom. The molecule has 0 radical (unpaired) electrons. The molecule has 1 N–H and O–H groups in total. The second kappa shape index (κ2) is 6.04. The number of aromatic nitrogens is 2. The molecule has 0 saturated heterocycles. The summed E-state index contributed by atoms with van der Waals surface area (Å²) in [6, 6.07) is 0.368. The molecule has 2 rings (SSSR count). The molecule has 0 aromatic carbocycles. The molecule has 1 aromatic heterocycles. The Morgan fingerprint density at radius 2 is 2.28 bits per heavy atom. The van der Waals surface area contributed by atoms with Crippen LogP contribution < -0.4 is 5.32 Å². The van der Waals surface area contributed by atoms with Gasteiger partial charge in [0.2, 0.25) is 0 Å². The Hall–Kier alpha value is -0.580. The molecule has 0 aliphatic heterocycles. The van der Waals surface area contributed by atoms with Crippen LogP contribution >= 0.6 is 11.6 Å². The van der Waals surface area contributed by atoms with E-state index in [0.717, 1.165) is 30.6 Å². The van der Waals surface area contributed by atoms with Gasteiger partial charge < -0.3 is 10.2 Å². The number of hydrogen-bond acceptors (Lipinski definition) is 3. The molecule has 1 fully saturated rings. The Balaban J connectivity index is 2.15. The van der Waals surface area contributed by atoms with Crippen LogP contribution in [-0.2, 0) is 6.54 Å². The first kappa shape index (κ1) is 13.8. The van der Waals surface area contributed by atoms with Gasteiger partial charge in [-0.1, -0.05) is 18.5 Å². The summed E-state index contributed by atoms with van der Waals surface area (Å²) in [5.74, 6) is 0.734. The lowest BCUT2D eigenvalue weighted by Gasteiger charge is -2.20. The summed E-state index contributed by atoms with van der Waals surface area (Å²) in [5.41, 5.74) is 1.17. The molecule has 4 nitrogen and oxygen atoms in total. The lowest BCUT2D eigenvalue weighted by atomic mass is 10.1. The lowest BCUT2D eigenvalue weighted by molar-refractivity contribution is 0.358. The van der Waals surface area contributed by atoms with E-state index in [9.17, 15) is 0 Å². The van der Waals surface area contributed by atoms with Crippen LogP contribution in [0.2, 0.25) is 5.02 Å². The van der Waals surface area contributed by atoms with Crippen LogP contribution in [0.1, 0.15) is 31.5 Å². The van der Waals surface area contributed by atoms with Gasteiger partial charge in [-0.15, -0.1) is 0 Å². The fraction of sp³-hybridized carbons (Fsp3) is 0.769. The van der Waals surface area contributed by atoms with Crippen LogP contribution in [0.4, 0.5) is 0 Å². The van der Waals surface area contributed by atoms with Gasteiger partial charge >= 0.3 is 0 Å². The average Bonchev–Trinajstić information content (AvgIpc) is 3.09. The first-order chi connectivity index (χ1) is 8.63. The number of rotatable bonds is 7. The average molecular weight is 271 g/mol. The monoisotopic (exact) mass is 270 g/mol. The molecule has 1 aliphatic rings. The van der Waals surface area contributed by atoms with E-state index in [0.29, 0.717) is 6.04 Å². The predicted molar refractivity (Wildman–Crippen MR) is 74.9 cm³/mol. The smallest absolute Gasteiger partial charge is 0.0834 e. The predicted octanol–water partition coefficient (Wildman–Crippen LogP) is 2.16. The normalized spacial score (nSPS) is 17.4. The molecule has 1 saturated carbocycles. The molecule has 1 aromatic rings. The van der Waals surface area contributed by atoms with Gasteiger partial charge in [0.25, 0.3) is 0 Å². The Morgan fingerprint density at radius 3 is 2.83 bits per heavy atom. The summed E-state index contributed by atoms with van der Waals surface area (Å²) in [6.07, 6.45) is 4.37. The van der Waals surface area contributed by atoms with E-state index < -0.39 is 0 Å². The number of nitrogens with one attached hydrogen (secondary N) is 1. The van der Waals surface area contributed by atoms with Crippen molar-refractivity contribution in [3.05, 3.63) is 16.9 Å². The third-order valence-corrected chi connectivity index (χ3v) is 3.70. The van der Waals surface area contributed by atoms with Crippen molar-refractivity contribution in [2.45, 2.75) is 32.4 Å². The van der Waals surface area contributed by atoms with Gasteiger partial charge in [0.1, 0.15) is 0 Å². The topological polar surface area (TPSA) is 33.1 Å². The number of halogens is 1. The largest absolute Gasteiger partial charge is 0.309 e. The minimum atomic E-state index is 0.368. The second-order valence-electron chi connectivity index (χ2n) is 5.28. The summed E-state index contributed by atoms with van der Waals surface area (Å²) in [5, 5.41) is 8.77. The highest BCUT2D eigenvalue weighted by molar-refractivity contribution is 6.31. The van der Waals surface area contributed by atoms with Crippen molar-refractivity contribution in [2.24, 2.45) is 5.92 Å². The molecular weight excluding hydrogens is 248 g/mol. The minimum absolute atomic E-state index is 0.368. The molecule has 18 heavy (non-hydrogen) atoms. The van der Waals surface area contributed by atoms with Crippen LogP contribution in [-0.4, -0.2) is 41.9 Å². The second-order valence-corrected chi connectivity index (χ2v) is 5.68. The number of nitrogens with zero attached hydrogens (tertiary/aromatic N) is 3. The van der Waals surface area contributed by atoms with Gasteiger partial charge in [-0.3, -0.25) is 4.68 Å². The highest BCUT2D eigenvalue weighted by Crippen LogP contribution is 2.42. The van der Waals surface area contributed by atoms with Crippen LogP contribution in [0.3, 0.4) is 0 Å². The van der Waals surface area contributed by atoms with Gasteiger partial charge in [0, 0.05) is 6.54 Å². The fourth-order valence-electron chi connectivity index (χ4n) is 2.29. The zero-order chi connectivity index (χ0) is 13.1. The van der Waals surface area contributed by atoms with Gasteiger partial charge in [0.15, 0.2) is 0 Å². The van der Waals surface area contributed by atoms with Crippen LogP contribution in [0.15, 0.2) is 6.20 Å². The molecule has 5 heteroatoms.